The molecule has 6 nitrogen and oxygen atoms in total. The number of rotatable bonds is 2. The molecule has 0 aliphatic heterocycles. The Labute approximate surface area is 124 Å². The third-order valence-corrected chi connectivity index (χ3v) is 4.80. The van der Waals surface area contributed by atoms with Gasteiger partial charge in [-0.05, 0) is 32.3 Å². The van der Waals surface area contributed by atoms with Crippen molar-refractivity contribution in [1.29, 1.82) is 0 Å². The van der Waals surface area contributed by atoms with Crippen molar-refractivity contribution in [3.05, 3.63) is 28.7 Å². The van der Waals surface area contributed by atoms with Crippen molar-refractivity contribution >= 4 is 21.8 Å². The van der Waals surface area contributed by atoms with Gasteiger partial charge in [0.15, 0.2) is 0 Å². The van der Waals surface area contributed by atoms with Crippen molar-refractivity contribution in [1.82, 2.24) is 14.5 Å². The van der Waals surface area contributed by atoms with Crippen molar-refractivity contribution in [3.8, 4) is 0 Å². The minimum atomic E-state index is -1.32. The Kier molecular flexibility index (Phi) is 3.41. The van der Waals surface area contributed by atoms with Gasteiger partial charge in [0.1, 0.15) is 5.65 Å². The minimum absolute atomic E-state index is 0.194. The van der Waals surface area contributed by atoms with E-state index in [0.717, 1.165) is 12.8 Å². The molecule has 2 aromatic rings. The highest BCUT2D eigenvalue weighted by Crippen LogP contribution is 2.39. The van der Waals surface area contributed by atoms with E-state index in [9.17, 15) is 14.1 Å². The molecule has 0 bridgehead atoms. The molecule has 1 saturated carbocycles. The van der Waals surface area contributed by atoms with Crippen LogP contribution >= 0.6 is 0 Å². The highest BCUT2D eigenvalue weighted by molar-refractivity contribution is 7.84. The van der Waals surface area contributed by atoms with Crippen LogP contribution in [0, 0.1) is 0 Å². The maximum Gasteiger partial charge on any atom is 0.252 e. The zero-order valence-corrected chi connectivity index (χ0v) is 12.8. The molecule has 1 aliphatic carbocycles. The van der Waals surface area contributed by atoms with Crippen molar-refractivity contribution < 1.29 is 9.32 Å². The number of aliphatic hydroxyl groups is 1. The van der Waals surface area contributed by atoms with Crippen molar-refractivity contribution in [3.63, 3.8) is 0 Å². The number of fused-ring (bicyclic) bond motifs is 1. The average molecular weight is 307 g/mol. The number of pyridine rings is 1. The molecule has 1 N–H and O–H groups in total. The average Bonchev–Trinajstić information content (AvgIpc) is 2.77. The summed E-state index contributed by atoms with van der Waals surface area (Å²) in [4.78, 5) is 20.6. The highest BCUT2D eigenvalue weighted by Gasteiger charge is 2.39. The molecule has 1 unspecified atom stereocenters. The predicted molar refractivity (Wildman–Crippen MR) is 79.6 cm³/mol. The summed E-state index contributed by atoms with van der Waals surface area (Å²) < 4.78 is 13.1. The monoisotopic (exact) mass is 307 g/mol. The smallest absolute Gasteiger partial charge is 0.252 e. The van der Waals surface area contributed by atoms with Crippen LogP contribution in [0.15, 0.2) is 28.3 Å². The first-order valence-corrected chi connectivity index (χ1v) is 8.40. The van der Waals surface area contributed by atoms with Crippen LogP contribution in [0.1, 0.15) is 32.2 Å². The quantitative estimate of drug-likeness (QED) is 0.837. The summed E-state index contributed by atoms with van der Waals surface area (Å²) in [7, 11) is -1.32. The summed E-state index contributed by atoms with van der Waals surface area (Å²) in [5.41, 5.74) is -0.703. The summed E-state index contributed by atoms with van der Waals surface area (Å²) in [5.74, 6) is 0. The van der Waals surface area contributed by atoms with E-state index in [1.54, 1.807) is 19.2 Å². The van der Waals surface area contributed by atoms with E-state index in [1.807, 2.05) is 0 Å². The van der Waals surface area contributed by atoms with Gasteiger partial charge in [0, 0.05) is 23.9 Å². The minimum Gasteiger partial charge on any atom is -0.388 e. The first-order valence-electron chi connectivity index (χ1n) is 6.84. The van der Waals surface area contributed by atoms with Crippen LogP contribution < -0.4 is 5.56 Å². The van der Waals surface area contributed by atoms with Gasteiger partial charge < -0.3 is 5.11 Å². The molecule has 0 spiro atoms. The van der Waals surface area contributed by atoms with Crippen LogP contribution in [-0.2, 0) is 10.8 Å². The second-order valence-corrected chi connectivity index (χ2v) is 6.97. The van der Waals surface area contributed by atoms with E-state index in [2.05, 4.69) is 9.97 Å². The molecule has 0 amide bonds. The molecule has 112 valence electrons. The third kappa shape index (κ3) is 2.40. The Hall–Kier alpha value is -1.60. The standard InChI is InChI=1S/C14H17N3O3S/c1-14(19)7-3-4-10(14)17-11(18)6-5-9-8-15-13(21(2)20)16-12(9)17/h5-6,8,10,19H,3-4,7H2,1-2H3/t10-,14-,21?/m1/s1. The van der Waals surface area contributed by atoms with Crippen molar-refractivity contribution in [2.45, 2.75) is 43.0 Å². The molecule has 3 rings (SSSR count). The van der Waals surface area contributed by atoms with Crippen LogP contribution in [0.3, 0.4) is 0 Å². The van der Waals surface area contributed by atoms with Gasteiger partial charge in [0.25, 0.3) is 5.56 Å². The molecule has 2 aromatic heterocycles. The summed E-state index contributed by atoms with van der Waals surface area (Å²) >= 11 is 0. The van der Waals surface area contributed by atoms with Crippen LogP contribution in [0.5, 0.6) is 0 Å². The van der Waals surface area contributed by atoms with Gasteiger partial charge in [-0.2, -0.15) is 0 Å². The molecule has 1 aliphatic rings. The van der Waals surface area contributed by atoms with Gasteiger partial charge in [-0.15, -0.1) is 0 Å². The molecule has 3 atom stereocenters. The summed E-state index contributed by atoms with van der Waals surface area (Å²) in [6.07, 6.45) is 5.30. The fraction of sp³-hybridized carbons (Fsp3) is 0.500. The van der Waals surface area contributed by atoms with Gasteiger partial charge in [-0.3, -0.25) is 13.6 Å². The van der Waals surface area contributed by atoms with Gasteiger partial charge in [0.2, 0.25) is 5.16 Å². The lowest BCUT2D eigenvalue weighted by atomic mass is 10.00. The van der Waals surface area contributed by atoms with E-state index in [4.69, 9.17) is 0 Å². The molecule has 1 fully saturated rings. The Balaban J connectivity index is 2.29. The third-order valence-electron chi connectivity index (χ3n) is 4.09. The molecule has 7 heteroatoms. The van der Waals surface area contributed by atoms with Crippen LogP contribution in [0.4, 0.5) is 0 Å². The van der Waals surface area contributed by atoms with E-state index in [0.29, 0.717) is 17.5 Å². The van der Waals surface area contributed by atoms with Crippen molar-refractivity contribution in [2.75, 3.05) is 6.26 Å². The van der Waals surface area contributed by atoms with Gasteiger partial charge in [-0.25, -0.2) is 9.97 Å². The van der Waals surface area contributed by atoms with Gasteiger partial charge >= 0.3 is 0 Å². The lowest BCUT2D eigenvalue weighted by Crippen LogP contribution is -2.37. The zero-order chi connectivity index (χ0) is 15.2. The summed E-state index contributed by atoms with van der Waals surface area (Å²) in [6.45, 7) is 1.75. The Morgan fingerprint density at radius 3 is 2.86 bits per heavy atom. The molecule has 0 radical (unpaired) electrons. The molecule has 0 aromatic carbocycles. The summed E-state index contributed by atoms with van der Waals surface area (Å²) in [5, 5.41) is 11.4. The molecular weight excluding hydrogens is 290 g/mol. The van der Waals surface area contributed by atoms with Crippen LogP contribution in [-0.4, -0.2) is 35.7 Å². The Morgan fingerprint density at radius 1 is 1.48 bits per heavy atom. The fourth-order valence-electron chi connectivity index (χ4n) is 3.00. The van der Waals surface area contributed by atoms with Gasteiger partial charge in [-0.1, -0.05) is 0 Å². The molecule has 2 heterocycles. The molecule has 0 saturated heterocycles. The van der Waals surface area contributed by atoms with E-state index >= 15 is 0 Å². The van der Waals surface area contributed by atoms with E-state index in [-0.39, 0.29) is 16.8 Å². The zero-order valence-electron chi connectivity index (χ0n) is 11.9. The lowest BCUT2D eigenvalue weighted by Gasteiger charge is -2.28. The topological polar surface area (TPSA) is 85.1 Å². The maximum atomic E-state index is 12.3. The van der Waals surface area contributed by atoms with Crippen molar-refractivity contribution in [2.24, 2.45) is 0 Å². The van der Waals surface area contributed by atoms with E-state index in [1.165, 1.54) is 16.9 Å². The second-order valence-electron chi connectivity index (χ2n) is 5.69. The Morgan fingerprint density at radius 2 is 2.24 bits per heavy atom. The maximum absolute atomic E-state index is 12.3. The van der Waals surface area contributed by atoms with E-state index < -0.39 is 16.4 Å². The summed E-state index contributed by atoms with van der Waals surface area (Å²) in [6, 6.07) is 2.80. The van der Waals surface area contributed by atoms with Crippen LogP contribution in [0.25, 0.3) is 11.0 Å². The van der Waals surface area contributed by atoms with Crippen LogP contribution in [0.2, 0.25) is 0 Å². The SMILES string of the molecule is CS(=O)c1ncc2ccc(=O)n([C@@H]3CCC[C@@]3(C)O)c2n1. The lowest BCUT2D eigenvalue weighted by molar-refractivity contribution is 0.0266. The fourth-order valence-corrected chi connectivity index (χ4v) is 3.42. The first-order chi connectivity index (χ1) is 9.90. The first kappa shape index (κ1) is 14.3. The highest BCUT2D eigenvalue weighted by atomic mass is 32.2. The number of hydrogen-bond donors (Lipinski definition) is 1. The molecule has 21 heavy (non-hydrogen) atoms. The number of aromatic nitrogens is 3. The largest absolute Gasteiger partial charge is 0.388 e. The molecular formula is C14H17N3O3S. The second kappa shape index (κ2) is 4.99. The normalized spacial score (nSPS) is 27.1. The van der Waals surface area contributed by atoms with Gasteiger partial charge in [0.05, 0.1) is 22.4 Å². The predicted octanol–water partition coefficient (Wildman–Crippen LogP) is 1.00. The number of hydrogen-bond acceptors (Lipinski definition) is 5. The number of nitrogens with zero attached hydrogens (tertiary/aromatic N) is 3. The Bertz CT molecular complexity index is 785.